The molecule has 0 radical (unpaired) electrons. The standard InChI is InChI=1S/C24H27NO4/c1-3-4-5-6-15-22(23(26)27)25(2)24(28)29-16-21-19-13-9-7-11-17(19)18-12-8-10-14-20(18)21/h3,7-14,21-22H,1,4-6,15-16H2,2H3,(H,26,27)/t22-/m0/s1. The molecular formula is C24H27NO4. The van der Waals surface area contributed by atoms with Crippen molar-refractivity contribution >= 4 is 12.1 Å². The SMILES string of the molecule is C=CCCCC[C@@H](C(=O)O)N(C)C(=O)OCC1c2ccccc2-c2ccccc21. The number of unbranched alkanes of at least 4 members (excludes halogenated alkanes) is 2. The van der Waals surface area contributed by atoms with Gasteiger partial charge in [0.25, 0.3) is 0 Å². The Morgan fingerprint density at radius 1 is 1.10 bits per heavy atom. The Hall–Kier alpha value is -3.08. The normalized spacial score (nSPS) is 13.3. The first-order valence-corrected chi connectivity index (χ1v) is 9.96. The molecule has 1 amide bonds. The first-order chi connectivity index (χ1) is 14.0. The van der Waals surface area contributed by atoms with E-state index in [1.807, 2.05) is 30.3 Å². The Kier molecular flexibility index (Phi) is 6.70. The van der Waals surface area contributed by atoms with Gasteiger partial charge >= 0.3 is 12.1 Å². The molecule has 0 bridgehead atoms. The van der Waals surface area contributed by atoms with Crippen LogP contribution in [0.1, 0.15) is 42.7 Å². The minimum atomic E-state index is -1.01. The van der Waals surface area contributed by atoms with Gasteiger partial charge in [-0.1, -0.05) is 61.0 Å². The third kappa shape index (κ3) is 4.50. The molecule has 0 heterocycles. The second kappa shape index (κ2) is 9.41. The Morgan fingerprint density at radius 3 is 2.24 bits per heavy atom. The quantitative estimate of drug-likeness (QED) is 0.477. The van der Waals surface area contributed by atoms with Crippen LogP contribution in [0, 0.1) is 0 Å². The summed E-state index contributed by atoms with van der Waals surface area (Å²) < 4.78 is 5.57. The third-order valence-electron chi connectivity index (χ3n) is 5.51. The molecule has 0 unspecified atom stereocenters. The second-order valence-corrected chi connectivity index (χ2v) is 7.34. The molecule has 0 saturated heterocycles. The molecule has 1 aliphatic carbocycles. The highest BCUT2D eigenvalue weighted by Gasteiger charge is 2.31. The van der Waals surface area contributed by atoms with Crippen molar-refractivity contribution < 1.29 is 19.4 Å². The number of likely N-dealkylation sites (N-methyl/N-ethyl adjacent to an activating group) is 1. The number of hydrogen-bond acceptors (Lipinski definition) is 3. The number of fused-ring (bicyclic) bond motifs is 3. The van der Waals surface area contributed by atoms with Gasteiger partial charge in [0.1, 0.15) is 12.6 Å². The largest absolute Gasteiger partial charge is 0.480 e. The van der Waals surface area contributed by atoms with Gasteiger partial charge in [-0.25, -0.2) is 9.59 Å². The number of carbonyl (C=O) groups is 2. The van der Waals surface area contributed by atoms with Crippen LogP contribution in [0.5, 0.6) is 0 Å². The fourth-order valence-corrected chi connectivity index (χ4v) is 3.93. The Balaban J connectivity index is 1.66. The van der Waals surface area contributed by atoms with Crippen molar-refractivity contribution in [2.75, 3.05) is 13.7 Å². The number of amides is 1. The minimum absolute atomic E-state index is 0.0457. The molecular weight excluding hydrogens is 366 g/mol. The summed E-state index contributed by atoms with van der Waals surface area (Å²) in [6.45, 7) is 3.85. The first kappa shape index (κ1) is 20.6. The summed E-state index contributed by atoms with van der Waals surface area (Å²) in [5.74, 6) is -1.06. The number of carbonyl (C=O) groups excluding carboxylic acids is 1. The van der Waals surface area contributed by atoms with Crippen LogP contribution < -0.4 is 0 Å². The predicted octanol–water partition coefficient (Wildman–Crippen LogP) is 5.07. The lowest BCUT2D eigenvalue weighted by molar-refractivity contribution is -0.142. The lowest BCUT2D eigenvalue weighted by atomic mass is 9.98. The number of rotatable bonds is 9. The number of carboxylic acid groups (broad SMARTS) is 1. The summed E-state index contributed by atoms with van der Waals surface area (Å²) in [4.78, 5) is 25.4. The number of ether oxygens (including phenoxy) is 1. The van der Waals surface area contributed by atoms with Crippen molar-refractivity contribution in [2.45, 2.75) is 37.6 Å². The summed E-state index contributed by atoms with van der Waals surface area (Å²) in [5.41, 5.74) is 4.57. The summed E-state index contributed by atoms with van der Waals surface area (Å²) >= 11 is 0. The van der Waals surface area contributed by atoms with Crippen LogP contribution in [0.25, 0.3) is 11.1 Å². The van der Waals surface area contributed by atoms with Crippen LogP contribution in [-0.4, -0.2) is 41.8 Å². The zero-order valence-corrected chi connectivity index (χ0v) is 16.7. The number of aliphatic carboxylic acids is 1. The average Bonchev–Trinajstić information content (AvgIpc) is 3.05. The van der Waals surface area contributed by atoms with E-state index in [-0.39, 0.29) is 12.5 Å². The maximum atomic E-state index is 12.6. The summed E-state index contributed by atoms with van der Waals surface area (Å²) in [5, 5.41) is 9.52. The summed E-state index contributed by atoms with van der Waals surface area (Å²) in [6.07, 6.45) is 3.99. The van der Waals surface area contributed by atoms with E-state index in [0.717, 1.165) is 35.1 Å². The maximum Gasteiger partial charge on any atom is 0.410 e. The average molecular weight is 393 g/mol. The number of hydrogen-bond donors (Lipinski definition) is 1. The van der Waals surface area contributed by atoms with Crippen LogP contribution in [-0.2, 0) is 9.53 Å². The molecule has 3 rings (SSSR count). The van der Waals surface area contributed by atoms with E-state index in [0.29, 0.717) is 12.8 Å². The second-order valence-electron chi connectivity index (χ2n) is 7.34. The number of carboxylic acids is 1. The molecule has 1 N–H and O–H groups in total. The topological polar surface area (TPSA) is 66.8 Å². The molecule has 2 aromatic carbocycles. The van der Waals surface area contributed by atoms with Gasteiger partial charge in [0.15, 0.2) is 0 Å². The number of allylic oxidation sites excluding steroid dienone is 1. The molecule has 0 aliphatic heterocycles. The van der Waals surface area contributed by atoms with Crippen LogP contribution in [0.3, 0.4) is 0 Å². The van der Waals surface area contributed by atoms with Crippen molar-refractivity contribution in [3.05, 3.63) is 72.3 Å². The van der Waals surface area contributed by atoms with Gasteiger partial charge in [-0.15, -0.1) is 6.58 Å². The van der Waals surface area contributed by atoms with Gasteiger partial charge in [-0.3, -0.25) is 4.90 Å². The molecule has 5 heteroatoms. The minimum Gasteiger partial charge on any atom is -0.480 e. The van der Waals surface area contributed by atoms with E-state index in [2.05, 4.69) is 30.8 Å². The predicted molar refractivity (Wildman–Crippen MR) is 113 cm³/mol. The van der Waals surface area contributed by atoms with Crippen molar-refractivity contribution in [1.82, 2.24) is 4.90 Å². The van der Waals surface area contributed by atoms with E-state index in [1.54, 1.807) is 0 Å². The molecule has 2 aromatic rings. The van der Waals surface area contributed by atoms with E-state index in [1.165, 1.54) is 11.9 Å². The Bertz CT molecular complexity index is 846. The van der Waals surface area contributed by atoms with Crippen LogP contribution in [0.2, 0.25) is 0 Å². The lowest BCUT2D eigenvalue weighted by Gasteiger charge is -2.25. The number of benzene rings is 2. The van der Waals surface area contributed by atoms with Gasteiger partial charge in [0.2, 0.25) is 0 Å². The molecule has 1 aliphatic rings. The van der Waals surface area contributed by atoms with Crippen LogP contribution in [0.15, 0.2) is 61.2 Å². The van der Waals surface area contributed by atoms with Crippen molar-refractivity contribution in [2.24, 2.45) is 0 Å². The highest BCUT2D eigenvalue weighted by atomic mass is 16.6. The van der Waals surface area contributed by atoms with Crippen LogP contribution >= 0.6 is 0 Å². The maximum absolute atomic E-state index is 12.6. The van der Waals surface area contributed by atoms with E-state index in [9.17, 15) is 14.7 Å². The molecule has 0 fully saturated rings. The summed E-state index contributed by atoms with van der Waals surface area (Å²) in [6, 6.07) is 15.3. The van der Waals surface area contributed by atoms with Gasteiger partial charge in [0.05, 0.1) is 0 Å². The molecule has 29 heavy (non-hydrogen) atoms. The van der Waals surface area contributed by atoms with Gasteiger partial charge in [-0.2, -0.15) is 0 Å². The van der Waals surface area contributed by atoms with Gasteiger partial charge < -0.3 is 9.84 Å². The Labute approximate surface area is 171 Å². The zero-order chi connectivity index (χ0) is 20.8. The highest BCUT2D eigenvalue weighted by molar-refractivity contribution is 5.81. The molecule has 0 aromatic heterocycles. The van der Waals surface area contributed by atoms with Gasteiger partial charge in [-0.05, 0) is 41.5 Å². The molecule has 0 saturated carbocycles. The van der Waals surface area contributed by atoms with Gasteiger partial charge in [0, 0.05) is 13.0 Å². The Morgan fingerprint density at radius 2 is 1.69 bits per heavy atom. The molecule has 0 spiro atoms. The monoisotopic (exact) mass is 393 g/mol. The van der Waals surface area contributed by atoms with Crippen LogP contribution in [0.4, 0.5) is 4.79 Å². The number of nitrogens with zero attached hydrogens (tertiary/aromatic N) is 1. The first-order valence-electron chi connectivity index (χ1n) is 9.96. The fourth-order valence-electron chi connectivity index (χ4n) is 3.93. The fraction of sp³-hybridized carbons (Fsp3) is 0.333. The van der Waals surface area contributed by atoms with E-state index < -0.39 is 18.1 Å². The molecule has 1 atom stereocenters. The molecule has 5 nitrogen and oxygen atoms in total. The van der Waals surface area contributed by atoms with E-state index >= 15 is 0 Å². The van der Waals surface area contributed by atoms with E-state index in [4.69, 9.17) is 4.74 Å². The zero-order valence-electron chi connectivity index (χ0n) is 16.7. The van der Waals surface area contributed by atoms with Crippen molar-refractivity contribution in [3.63, 3.8) is 0 Å². The third-order valence-corrected chi connectivity index (χ3v) is 5.51. The highest BCUT2D eigenvalue weighted by Crippen LogP contribution is 2.44. The lowest BCUT2D eigenvalue weighted by Crippen LogP contribution is -2.43. The summed E-state index contributed by atoms with van der Waals surface area (Å²) in [7, 11) is 1.49. The van der Waals surface area contributed by atoms with Crippen molar-refractivity contribution in [3.8, 4) is 11.1 Å². The molecule has 152 valence electrons. The smallest absolute Gasteiger partial charge is 0.410 e. The van der Waals surface area contributed by atoms with Crippen molar-refractivity contribution in [1.29, 1.82) is 0 Å².